The van der Waals surface area contributed by atoms with Gasteiger partial charge in [0.25, 0.3) is 0 Å². The van der Waals surface area contributed by atoms with Gasteiger partial charge in [-0.15, -0.1) is 0 Å². The Morgan fingerprint density at radius 1 is 1.09 bits per heavy atom. The summed E-state index contributed by atoms with van der Waals surface area (Å²) in [4.78, 5) is 11.4. The van der Waals surface area contributed by atoms with Gasteiger partial charge in [0.1, 0.15) is 11.6 Å². The van der Waals surface area contributed by atoms with E-state index in [4.69, 9.17) is 14.5 Å². The van der Waals surface area contributed by atoms with Crippen molar-refractivity contribution in [3.05, 3.63) is 41.3 Å². The Bertz CT molecular complexity index is 699. The standard InChI is InChI=1S/C18H23N3O2/c1-12-9-17(20-18(19-12)14-6-7-14)21(2)11-13-5-8-15(22-3)16(10-13)23-4/h5,8-10,14H,6-7,11H2,1-4H3. The topological polar surface area (TPSA) is 47.5 Å². The number of anilines is 1. The molecule has 0 N–H and O–H groups in total. The molecule has 5 nitrogen and oxygen atoms in total. The largest absolute Gasteiger partial charge is 0.493 e. The molecule has 1 aliphatic carbocycles. The Hall–Kier alpha value is -2.30. The van der Waals surface area contributed by atoms with Crippen molar-refractivity contribution in [1.82, 2.24) is 9.97 Å². The third kappa shape index (κ3) is 3.55. The van der Waals surface area contributed by atoms with Gasteiger partial charge in [0.05, 0.1) is 14.2 Å². The number of nitrogens with zero attached hydrogens (tertiary/aromatic N) is 3. The Kier molecular flexibility index (Phi) is 4.37. The lowest BCUT2D eigenvalue weighted by Gasteiger charge is -2.20. The Morgan fingerprint density at radius 2 is 1.83 bits per heavy atom. The predicted octanol–water partition coefficient (Wildman–Crippen LogP) is 3.32. The molecule has 0 saturated heterocycles. The van der Waals surface area contributed by atoms with Gasteiger partial charge in [0.15, 0.2) is 11.5 Å². The number of methoxy groups -OCH3 is 2. The second-order valence-corrected chi connectivity index (χ2v) is 6.05. The van der Waals surface area contributed by atoms with Crippen LogP contribution in [-0.2, 0) is 6.54 Å². The summed E-state index contributed by atoms with van der Waals surface area (Å²) in [7, 11) is 5.35. The van der Waals surface area contributed by atoms with Crippen LogP contribution in [0.4, 0.5) is 5.82 Å². The second kappa shape index (κ2) is 6.44. The first-order chi connectivity index (χ1) is 11.1. The number of benzene rings is 1. The molecule has 0 radical (unpaired) electrons. The summed E-state index contributed by atoms with van der Waals surface area (Å²) in [5.74, 6) is 4.00. The van der Waals surface area contributed by atoms with Crippen LogP contribution in [0, 0.1) is 6.92 Å². The van der Waals surface area contributed by atoms with E-state index in [2.05, 4.69) is 16.9 Å². The SMILES string of the molecule is COc1ccc(CN(C)c2cc(C)nc(C3CC3)n2)cc1OC. The van der Waals surface area contributed by atoms with Crippen LogP contribution in [0.3, 0.4) is 0 Å². The maximum Gasteiger partial charge on any atom is 0.161 e. The van der Waals surface area contributed by atoms with Gasteiger partial charge in [-0.3, -0.25) is 0 Å². The first kappa shape index (κ1) is 15.6. The van der Waals surface area contributed by atoms with Crippen LogP contribution in [0.5, 0.6) is 11.5 Å². The van der Waals surface area contributed by atoms with Gasteiger partial charge in [0, 0.05) is 31.3 Å². The second-order valence-electron chi connectivity index (χ2n) is 6.05. The summed E-state index contributed by atoms with van der Waals surface area (Å²) in [6, 6.07) is 8.02. The highest BCUT2D eigenvalue weighted by Crippen LogP contribution is 2.38. The minimum Gasteiger partial charge on any atom is -0.493 e. The van der Waals surface area contributed by atoms with Crippen LogP contribution >= 0.6 is 0 Å². The monoisotopic (exact) mass is 313 g/mol. The van der Waals surface area contributed by atoms with E-state index in [-0.39, 0.29) is 0 Å². The summed E-state index contributed by atoms with van der Waals surface area (Å²) in [5, 5.41) is 0. The molecule has 1 aliphatic rings. The normalized spacial score (nSPS) is 13.7. The van der Waals surface area contributed by atoms with Crippen LogP contribution in [0.15, 0.2) is 24.3 Å². The van der Waals surface area contributed by atoms with Crippen LogP contribution in [0.25, 0.3) is 0 Å². The quantitative estimate of drug-likeness (QED) is 0.819. The van der Waals surface area contributed by atoms with Crippen molar-refractivity contribution in [2.75, 3.05) is 26.2 Å². The zero-order valence-corrected chi connectivity index (χ0v) is 14.2. The summed E-state index contributed by atoms with van der Waals surface area (Å²) >= 11 is 0. The number of rotatable bonds is 6. The summed E-state index contributed by atoms with van der Waals surface area (Å²) < 4.78 is 10.7. The van der Waals surface area contributed by atoms with Crippen molar-refractivity contribution in [3.8, 4) is 11.5 Å². The molecular weight excluding hydrogens is 290 g/mol. The molecular formula is C18H23N3O2. The van der Waals surface area contributed by atoms with Gasteiger partial charge in [0.2, 0.25) is 0 Å². The third-order valence-corrected chi connectivity index (χ3v) is 4.06. The van der Waals surface area contributed by atoms with Gasteiger partial charge < -0.3 is 14.4 Å². The van der Waals surface area contributed by atoms with Crippen LogP contribution in [0.1, 0.15) is 35.8 Å². The summed E-state index contributed by atoms with van der Waals surface area (Å²) in [6.07, 6.45) is 2.42. The molecule has 0 spiro atoms. The van der Waals surface area contributed by atoms with Crippen LogP contribution in [-0.4, -0.2) is 31.2 Å². The number of hydrogen-bond acceptors (Lipinski definition) is 5. The minimum absolute atomic E-state index is 0.558. The maximum atomic E-state index is 5.37. The fraction of sp³-hybridized carbons (Fsp3) is 0.444. The van der Waals surface area contributed by atoms with E-state index in [9.17, 15) is 0 Å². The lowest BCUT2D eigenvalue weighted by molar-refractivity contribution is 0.354. The molecule has 1 heterocycles. The lowest BCUT2D eigenvalue weighted by atomic mass is 10.2. The lowest BCUT2D eigenvalue weighted by Crippen LogP contribution is -2.19. The zero-order valence-electron chi connectivity index (χ0n) is 14.2. The highest BCUT2D eigenvalue weighted by atomic mass is 16.5. The van der Waals surface area contributed by atoms with E-state index in [0.29, 0.717) is 5.92 Å². The van der Waals surface area contributed by atoms with E-state index in [1.165, 1.54) is 12.8 Å². The van der Waals surface area contributed by atoms with Crippen LogP contribution in [0.2, 0.25) is 0 Å². The first-order valence-electron chi connectivity index (χ1n) is 7.88. The average molecular weight is 313 g/mol. The number of ether oxygens (including phenoxy) is 2. The van der Waals surface area contributed by atoms with E-state index < -0.39 is 0 Å². The molecule has 0 aliphatic heterocycles. The van der Waals surface area contributed by atoms with Gasteiger partial charge in [-0.1, -0.05) is 6.07 Å². The number of aromatic nitrogens is 2. The minimum atomic E-state index is 0.558. The van der Waals surface area contributed by atoms with Crippen molar-refractivity contribution in [2.24, 2.45) is 0 Å². The Morgan fingerprint density at radius 3 is 2.48 bits per heavy atom. The molecule has 0 bridgehead atoms. The van der Waals surface area contributed by atoms with Gasteiger partial charge in [-0.2, -0.15) is 0 Å². The fourth-order valence-electron chi connectivity index (χ4n) is 2.63. The maximum absolute atomic E-state index is 5.37. The van der Waals surface area contributed by atoms with E-state index in [1.54, 1.807) is 14.2 Å². The molecule has 2 aromatic rings. The summed E-state index contributed by atoms with van der Waals surface area (Å²) in [6.45, 7) is 2.78. The molecule has 0 atom stereocenters. The zero-order chi connectivity index (χ0) is 16.4. The number of aryl methyl sites for hydroxylation is 1. The van der Waals surface area contributed by atoms with Gasteiger partial charge >= 0.3 is 0 Å². The van der Waals surface area contributed by atoms with E-state index in [1.807, 2.05) is 31.2 Å². The Labute approximate surface area is 137 Å². The molecule has 0 amide bonds. The Balaban J connectivity index is 1.80. The molecule has 0 unspecified atom stereocenters. The highest BCUT2D eigenvalue weighted by Gasteiger charge is 2.27. The van der Waals surface area contributed by atoms with Crippen molar-refractivity contribution < 1.29 is 9.47 Å². The smallest absolute Gasteiger partial charge is 0.161 e. The van der Waals surface area contributed by atoms with Crippen molar-refractivity contribution >= 4 is 5.82 Å². The molecule has 1 aromatic heterocycles. The predicted molar refractivity (Wildman–Crippen MR) is 90.4 cm³/mol. The van der Waals surface area contributed by atoms with Gasteiger partial charge in [-0.25, -0.2) is 9.97 Å². The van der Waals surface area contributed by atoms with Crippen LogP contribution < -0.4 is 14.4 Å². The van der Waals surface area contributed by atoms with E-state index in [0.717, 1.165) is 40.9 Å². The number of hydrogen-bond donors (Lipinski definition) is 0. The van der Waals surface area contributed by atoms with Crippen molar-refractivity contribution in [1.29, 1.82) is 0 Å². The molecule has 122 valence electrons. The molecule has 1 fully saturated rings. The average Bonchev–Trinajstić information content (AvgIpc) is 3.39. The first-order valence-corrected chi connectivity index (χ1v) is 7.88. The van der Waals surface area contributed by atoms with Crippen molar-refractivity contribution in [3.63, 3.8) is 0 Å². The highest BCUT2D eigenvalue weighted by molar-refractivity contribution is 5.45. The van der Waals surface area contributed by atoms with E-state index >= 15 is 0 Å². The summed E-state index contributed by atoms with van der Waals surface area (Å²) in [5.41, 5.74) is 2.17. The molecule has 5 heteroatoms. The van der Waals surface area contributed by atoms with Gasteiger partial charge in [-0.05, 0) is 37.5 Å². The fourth-order valence-corrected chi connectivity index (χ4v) is 2.63. The molecule has 1 aromatic carbocycles. The molecule has 23 heavy (non-hydrogen) atoms. The molecule has 1 saturated carbocycles. The molecule has 3 rings (SSSR count). The third-order valence-electron chi connectivity index (χ3n) is 4.06. The van der Waals surface area contributed by atoms with Crippen molar-refractivity contribution in [2.45, 2.75) is 32.2 Å².